The summed E-state index contributed by atoms with van der Waals surface area (Å²) in [6.45, 7) is 4.74. The van der Waals surface area contributed by atoms with Gasteiger partial charge in [-0.2, -0.15) is 0 Å². The Labute approximate surface area is 208 Å². The van der Waals surface area contributed by atoms with Crippen LogP contribution in [0.5, 0.6) is 5.75 Å². The van der Waals surface area contributed by atoms with Crippen LogP contribution in [0.3, 0.4) is 0 Å². The summed E-state index contributed by atoms with van der Waals surface area (Å²) in [6.07, 6.45) is 0.310. The number of thioether (sulfide) groups is 1. The Balaban J connectivity index is 1.41. The van der Waals surface area contributed by atoms with Crippen molar-refractivity contribution in [1.82, 2.24) is 25.4 Å². The van der Waals surface area contributed by atoms with Gasteiger partial charge in [0.15, 0.2) is 5.82 Å². The minimum absolute atomic E-state index is 0.00459. The number of nitrogens with one attached hydrogen (secondary N) is 2. The number of nitrogens with zero attached hydrogens (tertiary/aromatic N) is 3. The molecular weight excluding hydrogens is 474 g/mol. The van der Waals surface area contributed by atoms with Crippen molar-refractivity contribution in [2.75, 3.05) is 46.5 Å². The molecule has 2 N–H and O–H groups in total. The second-order valence-electron chi connectivity index (χ2n) is 7.86. The van der Waals surface area contributed by atoms with Crippen LogP contribution in [0.25, 0.3) is 11.4 Å². The first-order valence-corrected chi connectivity index (χ1v) is 12.4. The fourth-order valence-corrected chi connectivity index (χ4v) is 4.78. The van der Waals surface area contributed by atoms with Gasteiger partial charge < -0.3 is 14.8 Å². The number of aromatic amines is 1. The molecule has 1 amide bonds. The molecule has 2 heterocycles. The van der Waals surface area contributed by atoms with Gasteiger partial charge in [0.1, 0.15) is 5.75 Å². The average Bonchev–Trinajstić information content (AvgIpc) is 3.33. The Hall–Kier alpha value is -2.59. The lowest BCUT2D eigenvalue weighted by Gasteiger charge is -2.26. The highest BCUT2D eigenvalue weighted by atomic mass is 35.5. The molecule has 34 heavy (non-hydrogen) atoms. The molecule has 4 rings (SSSR count). The fraction of sp³-hybridized carbons (Fsp3) is 0.375. The van der Waals surface area contributed by atoms with Gasteiger partial charge in [0.25, 0.3) is 0 Å². The van der Waals surface area contributed by atoms with Crippen LogP contribution in [-0.2, 0) is 9.53 Å². The van der Waals surface area contributed by atoms with E-state index in [0.717, 1.165) is 49.7 Å². The van der Waals surface area contributed by atoms with Crippen molar-refractivity contribution in [2.24, 2.45) is 0 Å². The third-order valence-electron chi connectivity index (χ3n) is 5.54. The van der Waals surface area contributed by atoms with Crippen LogP contribution in [-0.4, -0.2) is 72.5 Å². The first-order chi connectivity index (χ1) is 16.6. The second-order valence-corrected chi connectivity index (χ2v) is 9.47. The third kappa shape index (κ3) is 6.96. The first-order valence-electron chi connectivity index (χ1n) is 11.2. The number of H-pyrrole nitrogens is 1. The van der Waals surface area contributed by atoms with E-state index in [9.17, 15) is 4.79 Å². The second kappa shape index (κ2) is 12.2. The molecule has 0 unspecified atom stereocenters. The van der Waals surface area contributed by atoms with Gasteiger partial charge in [-0.3, -0.25) is 14.8 Å². The number of halogens is 1. The highest BCUT2D eigenvalue weighted by molar-refractivity contribution is 7.99. The van der Waals surface area contributed by atoms with Gasteiger partial charge in [-0.15, -0.1) is 5.10 Å². The summed E-state index contributed by atoms with van der Waals surface area (Å²) in [4.78, 5) is 19.7. The highest BCUT2D eigenvalue weighted by Crippen LogP contribution is 2.37. The highest BCUT2D eigenvalue weighted by Gasteiger charge is 2.21. The van der Waals surface area contributed by atoms with Crippen LogP contribution in [0.15, 0.2) is 53.7 Å². The summed E-state index contributed by atoms with van der Waals surface area (Å²) in [6, 6.07) is 15.2. The Morgan fingerprint density at radius 2 is 1.94 bits per heavy atom. The van der Waals surface area contributed by atoms with Crippen molar-refractivity contribution in [3.8, 4) is 17.1 Å². The predicted molar refractivity (Wildman–Crippen MR) is 133 cm³/mol. The normalized spacial score (nSPS) is 15.1. The quantitative estimate of drug-likeness (QED) is 0.408. The van der Waals surface area contributed by atoms with E-state index >= 15 is 0 Å². The first kappa shape index (κ1) is 24.5. The molecule has 1 fully saturated rings. The Morgan fingerprint density at radius 3 is 2.65 bits per heavy atom. The lowest BCUT2D eigenvalue weighted by molar-refractivity contribution is -0.121. The van der Waals surface area contributed by atoms with Gasteiger partial charge in [0, 0.05) is 48.4 Å². The Bertz CT molecular complexity index is 1060. The molecule has 2 aromatic carbocycles. The maximum Gasteiger partial charge on any atom is 0.221 e. The van der Waals surface area contributed by atoms with E-state index in [-0.39, 0.29) is 11.2 Å². The maximum atomic E-state index is 12.8. The molecular formula is C24H28ClN5O3S. The standard InChI is InChI=1S/C24H28ClN5O3S/c1-32-20-8-4-17(5-9-20)21(16-22(31)26-10-11-30-12-14-33-15-13-30)34-24-27-23(28-29-24)18-2-6-19(25)7-3-18/h2-9,21H,10-16H2,1H3,(H,26,31)(H,27,28,29)/t21-/m1/s1. The number of amides is 1. The molecule has 1 atom stereocenters. The van der Waals surface area contributed by atoms with Gasteiger partial charge in [0.2, 0.25) is 11.1 Å². The zero-order valence-corrected chi connectivity index (χ0v) is 20.6. The molecule has 180 valence electrons. The number of morpholine rings is 1. The molecule has 1 saturated heterocycles. The minimum atomic E-state index is -0.150. The number of methoxy groups -OCH3 is 1. The van der Waals surface area contributed by atoms with Gasteiger partial charge in [-0.05, 0) is 42.0 Å². The van der Waals surface area contributed by atoms with Crippen LogP contribution >= 0.6 is 23.4 Å². The van der Waals surface area contributed by atoms with Crippen molar-refractivity contribution in [3.63, 3.8) is 0 Å². The van der Waals surface area contributed by atoms with Crippen LogP contribution < -0.4 is 10.1 Å². The molecule has 0 saturated carbocycles. The molecule has 0 radical (unpaired) electrons. The number of carbonyl (C=O) groups excluding carboxylic acids is 1. The Morgan fingerprint density at radius 1 is 1.21 bits per heavy atom. The largest absolute Gasteiger partial charge is 0.497 e. The summed E-state index contributed by atoms with van der Waals surface area (Å²) < 4.78 is 10.7. The molecule has 0 spiro atoms. The van der Waals surface area contributed by atoms with Crippen molar-refractivity contribution in [2.45, 2.75) is 16.8 Å². The number of hydrogen-bond acceptors (Lipinski definition) is 7. The number of ether oxygens (including phenoxy) is 2. The van der Waals surface area contributed by atoms with Gasteiger partial charge >= 0.3 is 0 Å². The topological polar surface area (TPSA) is 92.4 Å². The SMILES string of the molecule is COc1ccc([C@@H](CC(=O)NCCN2CCOCC2)Sc2n[nH]c(-c3ccc(Cl)cc3)n2)cc1. The molecule has 0 bridgehead atoms. The van der Waals surface area contributed by atoms with Crippen LogP contribution in [0.1, 0.15) is 17.2 Å². The van der Waals surface area contributed by atoms with E-state index < -0.39 is 0 Å². The van der Waals surface area contributed by atoms with Crippen molar-refractivity contribution in [3.05, 3.63) is 59.1 Å². The average molecular weight is 502 g/mol. The maximum absolute atomic E-state index is 12.8. The van der Waals surface area contributed by atoms with E-state index in [1.165, 1.54) is 11.8 Å². The summed E-state index contributed by atoms with van der Waals surface area (Å²) >= 11 is 7.44. The van der Waals surface area contributed by atoms with Gasteiger partial charge in [-0.25, -0.2) is 4.98 Å². The van der Waals surface area contributed by atoms with Crippen LogP contribution in [0.2, 0.25) is 5.02 Å². The smallest absolute Gasteiger partial charge is 0.221 e. The summed E-state index contributed by atoms with van der Waals surface area (Å²) in [5, 5.41) is 11.5. The lowest BCUT2D eigenvalue weighted by Crippen LogP contribution is -2.41. The van der Waals surface area contributed by atoms with Gasteiger partial charge in [0.05, 0.1) is 20.3 Å². The van der Waals surface area contributed by atoms with Crippen molar-refractivity contribution < 1.29 is 14.3 Å². The number of carbonyl (C=O) groups is 1. The van der Waals surface area contributed by atoms with E-state index in [2.05, 4.69) is 25.4 Å². The van der Waals surface area contributed by atoms with Gasteiger partial charge in [-0.1, -0.05) is 35.5 Å². The molecule has 1 aliphatic rings. The number of hydrogen-bond donors (Lipinski definition) is 2. The number of benzene rings is 2. The lowest BCUT2D eigenvalue weighted by atomic mass is 10.1. The molecule has 8 nitrogen and oxygen atoms in total. The van der Waals surface area contributed by atoms with E-state index in [1.54, 1.807) is 7.11 Å². The third-order valence-corrected chi connectivity index (χ3v) is 6.91. The fourth-order valence-electron chi connectivity index (χ4n) is 3.63. The summed E-state index contributed by atoms with van der Waals surface area (Å²) in [5.41, 5.74) is 1.90. The molecule has 10 heteroatoms. The summed E-state index contributed by atoms with van der Waals surface area (Å²) in [7, 11) is 1.63. The zero-order chi connectivity index (χ0) is 23.8. The summed E-state index contributed by atoms with van der Waals surface area (Å²) in [5.74, 6) is 1.42. The number of aromatic nitrogens is 3. The van der Waals surface area contributed by atoms with Crippen LogP contribution in [0.4, 0.5) is 0 Å². The van der Waals surface area contributed by atoms with Crippen molar-refractivity contribution >= 4 is 29.3 Å². The minimum Gasteiger partial charge on any atom is -0.497 e. The van der Waals surface area contributed by atoms with E-state index in [4.69, 9.17) is 21.1 Å². The predicted octanol–water partition coefficient (Wildman–Crippen LogP) is 3.81. The Kier molecular flexibility index (Phi) is 8.81. The monoisotopic (exact) mass is 501 g/mol. The van der Waals surface area contributed by atoms with E-state index in [0.29, 0.717) is 29.0 Å². The zero-order valence-electron chi connectivity index (χ0n) is 19.0. The molecule has 1 aliphatic heterocycles. The molecule has 0 aliphatic carbocycles. The molecule has 1 aromatic heterocycles. The number of rotatable bonds is 10. The van der Waals surface area contributed by atoms with Crippen LogP contribution in [0, 0.1) is 0 Å². The van der Waals surface area contributed by atoms with E-state index in [1.807, 2.05) is 48.5 Å². The molecule has 3 aromatic rings. The van der Waals surface area contributed by atoms with Crippen molar-refractivity contribution in [1.29, 1.82) is 0 Å².